The molecule has 0 amide bonds. The zero-order valence-electron chi connectivity index (χ0n) is 14.2. The Morgan fingerprint density at radius 1 is 1.00 bits per heavy atom. The molecule has 0 radical (unpaired) electrons. The van der Waals surface area contributed by atoms with Crippen molar-refractivity contribution < 1.29 is 0 Å². The molecule has 2 nitrogen and oxygen atoms in total. The zero-order chi connectivity index (χ0) is 16.7. The van der Waals surface area contributed by atoms with Crippen LogP contribution in [0.25, 0.3) is 0 Å². The molecule has 0 aliphatic heterocycles. The van der Waals surface area contributed by atoms with Crippen LogP contribution < -0.4 is 0 Å². The monoisotopic (exact) mass is 332 g/mol. The maximum Gasteiger partial charge on any atom is 0.0953 e. The fourth-order valence-electron chi connectivity index (χ4n) is 3.44. The summed E-state index contributed by atoms with van der Waals surface area (Å²) in [6, 6.07) is 23.1. The highest BCUT2D eigenvalue weighted by Crippen LogP contribution is 2.34. The van der Waals surface area contributed by atoms with Crippen molar-refractivity contribution in [1.82, 2.24) is 9.55 Å². The number of rotatable bonds is 7. The number of hydrogen-bond acceptors (Lipinski definition) is 1. The summed E-state index contributed by atoms with van der Waals surface area (Å²) >= 11 is 0. The van der Waals surface area contributed by atoms with Crippen molar-refractivity contribution in [1.29, 1.82) is 0 Å². The molecule has 0 aliphatic carbocycles. The van der Waals surface area contributed by atoms with Gasteiger partial charge in [0, 0.05) is 12.4 Å². The van der Waals surface area contributed by atoms with Crippen molar-refractivity contribution in [3.05, 3.63) is 103 Å². The van der Waals surface area contributed by atoms with E-state index >= 15 is 0 Å². The molecule has 0 N–H and O–H groups in total. The lowest BCUT2D eigenvalue weighted by Gasteiger charge is -2.36. The number of imidazole rings is 1. The third-order valence-corrected chi connectivity index (χ3v) is 7.26. The Balaban J connectivity index is 2.13. The first-order valence-electron chi connectivity index (χ1n) is 8.58. The van der Waals surface area contributed by atoms with Crippen LogP contribution >= 0.6 is 0 Å². The number of hydrogen-bond donors (Lipinski definition) is 0. The molecular formula is C21H24N2Si. The van der Waals surface area contributed by atoms with Crippen molar-refractivity contribution in [3.8, 4) is 0 Å². The molecule has 2 aromatic carbocycles. The van der Waals surface area contributed by atoms with E-state index < -0.39 is 9.52 Å². The molecule has 122 valence electrons. The van der Waals surface area contributed by atoms with Crippen molar-refractivity contribution in [2.24, 2.45) is 0 Å². The van der Waals surface area contributed by atoms with Crippen LogP contribution in [0.2, 0.25) is 6.04 Å². The standard InChI is InChI=1S/C21H24N2Si/c1-2-3-10-17-24-21(23-16-15-22-18-23,19-11-6-4-7-12-19)20-13-8-5-9-14-20/h2-9,11-16,18H,10,17,24H2,1H3. The Morgan fingerprint density at radius 3 is 2.12 bits per heavy atom. The third-order valence-electron chi connectivity index (χ3n) is 4.59. The van der Waals surface area contributed by atoms with Crippen LogP contribution in [-0.4, -0.2) is 19.1 Å². The second kappa shape index (κ2) is 7.93. The first-order chi connectivity index (χ1) is 11.9. The second-order valence-corrected chi connectivity index (χ2v) is 8.25. The van der Waals surface area contributed by atoms with Crippen LogP contribution in [0.15, 0.2) is 91.5 Å². The second-order valence-electron chi connectivity index (χ2n) is 6.02. The van der Waals surface area contributed by atoms with Gasteiger partial charge >= 0.3 is 0 Å². The van der Waals surface area contributed by atoms with Gasteiger partial charge in [-0.1, -0.05) is 78.9 Å². The summed E-state index contributed by atoms with van der Waals surface area (Å²) in [5.41, 5.74) is 2.72. The molecule has 0 fully saturated rings. The van der Waals surface area contributed by atoms with Gasteiger partial charge in [-0.2, -0.15) is 0 Å². The minimum absolute atomic E-state index is 0.0827. The molecule has 0 spiro atoms. The SMILES string of the molecule is CC=CCC[SiH2]C(c1ccccc1)(c1ccccc1)n1ccnc1. The molecule has 3 rings (SSSR count). The largest absolute Gasteiger partial charge is 0.327 e. The summed E-state index contributed by atoms with van der Waals surface area (Å²) < 4.78 is 2.32. The zero-order valence-corrected chi connectivity index (χ0v) is 15.6. The van der Waals surface area contributed by atoms with E-state index in [9.17, 15) is 0 Å². The van der Waals surface area contributed by atoms with Gasteiger partial charge < -0.3 is 4.57 Å². The quantitative estimate of drug-likeness (QED) is 0.360. The molecule has 1 heterocycles. The third kappa shape index (κ3) is 3.26. The van der Waals surface area contributed by atoms with Crippen molar-refractivity contribution in [2.45, 2.75) is 24.6 Å². The van der Waals surface area contributed by atoms with Crippen LogP contribution in [0.1, 0.15) is 24.5 Å². The lowest BCUT2D eigenvalue weighted by atomic mass is 9.97. The van der Waals surface area contributed by atoms with E-state index in [4.69, 9.17) is 0 Å². The van der Waals surface area contributed by atoms with Crippen LogP contribution in [0.4, 0.5) is 0 Å². The Labute approximate surface area is 146 Å². The molecule has 0 unspecified atom stereocenters. The van der Waals surface area contributed by atoms with Crippen LogP contribution in [0.3, 0.4) is 0 Å². The van der Waals surface area contributed by atoms with Gasteiger partial charge in [0.25, 0.3) is 0 Å². The van der Waals surface area contributed by atoms with Crippen molar-refractivity contribution in [2.75, 3.05) is 0 Å². The Hall–Kier alpha value is -2.39. The van der Waals surface area contributed by atoms with Crippen molar-refractivity contribution >= 4 is 9.52 Å². The van der Waals surface area contributed by atoms with Crippen LogP contribution in [0, 0.1) is 0 Å². The number of benzene rings is 2. The topological polar surface area (TPSA) is 17.8 Å². The number of nitrogens with zero attached hydrogens (tertiary/aromatic N) is 2. The van der Waals surface area contributed by atoms with Gasteiger partial charge in [0.05, 0.1) is 21.0 Å². The van der Waals surface area contributed by atoms with Gasteiger partial charge in [-0.15, -0.1) is 0 Å². The molecule has 0 aliphatic rings. The fourth-order valence-corrected chi connectivity index (χ4v) is 5.88. The summed E-state index contributed by atoms with van der Waals surface area (Å²) in [5, 5.41) is -0.0827. The molecule has 1 aromatic heterocycles. The van der Waals surface area contributed by atoms with Crippen molar-refractivity contribution in [3.63, 3.8) is 0 Å². The normalized spacial score (nSPS) is 12.4. The number of aromatic nitrogens is 2. The van der Waals surface area contributed by atoms with Crippen LogP contribution in [-0.2, 0) is 5.16 Å². The minimum Gasteiger partial charge on any atom is -0.327 e. The van der Waals surface area contributed by atoms with E-state index in [0.29, 0.717) is 0 Å². The average molecular weight is 333 g/mol. The van der Waals surface area contributed by atoms with E-state index in [2.05, 4.69) is 95.5 Å². The summed E-state index contributed by atoms with van der Waals surface area (Å²) in [6.07, 6.45) is 11.6. The van der Waals surface area contributed by atoms with Gasteiger partial charge in [0.15, 0.2) is 0 Å². The minimum atomic E-state index is -0.496. The number of allylic oxidation sites excluding steroid dienone is 2. The summed E-state index contributed by atoms with van der Waals surface area (Å²) in [5.74, 6) is 0. The van der Waals surface area contributed by atoms with E-state index in [1.807, 2.05) is 12.5 Å². The van der Waals surface area contributed by atoms with E-state index in [-0.39, 0.29) is 5.16 Å². The van der Waals surface area contributed by atoms with Gasteiger partial charge in [-0.05, 0) is 24.5 Å². The van der Waals surface area contributed by atoms with E-state index in [0.717, 1.165) is 6.42 Å². The first kappa shape index (κ1) is 16.5. The lowest BCUT2D eigenvalue weighted by molar-refractivity contribution is 0.590. The van der Waals surface area contributed by atoms with Gasteiger partial charge in [0.1, 0.15) is 0 Å². The molecular weight excluding hydrogens is 308 g/mol. The first-order valence-corrected chi connectivity index (χ1v) is 10.3. The fraction of sp³-hybridized carbons (Fsp3) is 0.190. The Kier molecular flexibility index (Phi) is 5.44. The summed E-state index contributed by atoms with van der Waals surface area (Å²) in [6.45, 7) is 2.10. The van der Waals surface area contributed by atoms with Gasteiger partial charge in [-0.25, -0.2) is 4.98 Å². The predicted molar refractivity (Wildman–Crippen MR) is 104 cm³/mol. The molecule has 0 saturated heterocycles. The van der Waals surface area contributed by atoms with Crippen LogP contribution in [0.5, 0.6) is 0 Å². The Morgan fingerprint density at radius 2 is 1.62 bits per heavy atom. The summed E-state index contributed by atoms with van der Waals surface area (Å²) in [7, 11) is -0.496. The van der Waals surface area contributed by atoms with Gasteiger partial charge in [-0.3, -0.25) is 0 Å². The molecule has 3 aromatic rings. The highest BCUT2D eigenvalue weighted by atomic mass is 28.2. The maximum absolute atomic E-state index is 4.35. The average Bonchev–Trinajstić information content (AvgIpc) is 3.19. The highest BCUT2D eigenvalue weighted by molar-refractivity contribution is 6.41. The van der Waals surface area contributed by atoms with Gasteiger partial charge in [0.2, 0.25) is 0 Å². The summed E-state index contributed by atoms with van der Waals surface area (Å²) in [4.78, 5) is 4.35. The Bertz CT molecular complexity index is 710. The lowest BCUT2D eigenvalue weighted by Crippen LogP contribution is -2.41. The maximum atomic E-state index is 4.35. The molecule has 0 atom stereocenters. The molecule has 0 bridgehead atoms. The molecule has 0 saturated carbocycles. The molecule has 24 heavy (non-hydrogen) atoms. The van der Waals surface area contributed by atoms with E-state index in [1.165, 1.54) is 17.2 Å². The van der Waals surface area contributed by atoms with E-state index in [1.54, 1.807) is 0 Å². The smallest absolute Gasteiger partial charge is 0.0953 e. The highest BCUT2D eigenvalue weighted by Gasteiger charge is 2.35. The predicted octanol–water partition coefficient (Wildman–Crippen LogP) is 4.19. The molecule has 3 heteroatoms.